The zero-order chi connectivity index (χ0) is 14.4. The summed E-state index contributed by atoms with van der Waals surface area (Å²) < 4.78 is 2.26. The highest BCUT2D eigenvalue weighted by molar-refractivity contribution is 7.98. The Hall–Kier alpha value is -1.26. The van der Waals surface area contributed by atoms with Crippen LogP contribution in [-0.4, -0.2) is 22.9 Å². The third-order valence-corrected chi connectivity index (χ3v) is 4.33. The Morgan fingerprint density at radius 1 is 1.35 bits per heavy atom. The van der Waals surface area contributed by atoms with Crippen LogP contribution in [0.15, 0.2) is 41.6 Å². The molecule has 108 valence electrons. The number of aryl methyl sites for hydroxylation is 1. The lowest BCUT2D eigenvalue weighted by Gasteiger charge is -2.19. The Morgan fingerprint density at radius 3 is 2.85 bits per heavy atom. The van der Waals surface area contributed by atoms with Crippen LogP contribution in [0.25, 0.3) is 0 Å². The number of nitrogens with zero attached hydrogens (tertiary/aromatic N) is 2. The van der Waals surface area contributed by atoms with Crippen LogP contribution in [0.4, 0.5) is 0 Å². The number of likely N-dealkylation sites (N-methyl/N-ethyl adjacent to an activating group) is 1. The van der Waals surface area contributed by atoms with Gasteiger partial charge in [0.1, 0.15) is 5.82 Å². The molecule has 0 fully saturated rings. The Kier molecular flexibility index (Phi) is 5.68. The molecule has 1 aromatic heterocycles. The molecule has 2 rings (SSSR count). The van der Waals surface area contributed by atoms with E-state index in [4.69, 9.17) is 0 Å². The lowest BCUT2D eigenvalue weighted by atomic mass is 10.0. The smallest absolute Gasteiger partial charge is 0.110 e. The molecule has 1 N–H and O–H groups in total. The quantitative estimate of drug-likeness (QED) is 0.791. The Balaban J connectivity index is 2.22. The zero-order valence-corrected chi connectivity index (χ0v) is 13.3. The van der Waals surface area contributed by atoms with E-state index >= 15 is 0 Å². The minimum atomic E-state index is 0.302. The highest BCUT2D eigenvalue weighted by Gasteiger charge is 2.16. The van der Waals surface area contributed by atoms with Crippen molar-refractivity contribution < 1.29 is 0 Å². The summed E-state index contributed by atoms with van der Waals surface area (Å²) in [7, 11) is 2.02. The summed E-state index contributed by atoms with van der Waals surface area (Å²) in [6.45, 7) is 3.23. The molecule has 20 heavy (non-hydrogen) atoms. The molecule has 0 amide bonds. The average Bonchev–Trinajstić information content (AvgIpc) is 2.92. The minimum absolute atomic E-state index is 0.302. The van der Waals surface area contributed by atoms with Crippen molar-refractivity contribution in [3.8, 4) is 0 Å². The molecular weight excluding hydrogens is 266 g/mol. The lowest BCUT2D eigenvalue weighted by Crippen LogP contribution is -2.21. The number of rotatable bonds is 7. The second kappa shape index (κ2) is 7.50. The molecule has 0 saturated heterocycles. The van der Waals surface area contributed by atoms with E-state index in [9.17, 15) is 0 Å². The SMILES string of the molecule is CCCn1ccnc1CC(NC)c1ccccc1SC. The van der Waals surface area contributed by atoms with Crippen molar-refractivity contribution in [3.63, 3.8) is 0 Å². The van der Waals surface area contributed by atoms with Crippen molar-refractivity contribution in [3.05, 3.63) is 48.0 Å². The van der Waals surface area contributed by atoms with Gasteiger partial charge >= 0.3 is 0 Å². The second-order valence-electron chi connectivity index (χ2n) is 4.82. The third-order valence-electron chi connectivity index (χ3n) is 3.52. The molecule has 1 unspecified atom stereocenters. The van der Waals surface area contributed by atoms with Gasteiger partial charge in [-0.15, -0.1) is 11.8 Å². The summed E-state index contributed by atoms with van der Waals surface area (Å²) in [6.07, 6.45) is 8.16. The number of thioether (sulfide) groups is 1. The van der Waals surface area contributed by atoms with Crippen LogP contribution in [0.3, 0.4) is 0 Å². The van der Waals surface area contributed by atoms with E-state index in [1.165, 1.54) is 10.5 Å². The van der Waals surface area contributed by atoms with Crippen LogP contribution >= 0.6 is 11.8 Å². The van der Waals surface area contributed by atoms with E-state index in [-0.39, 0.29) is 0 Å². The van der Waals surface area contributed by atoms with Crippen LogP contribution in [0.2, 0.25) is 0 Å². The largest absolute Gasteiger partial charge is 0.335 e. The molecule has 2 aromatic rings. The molecule has 0 radical (unpaired) electrons. The van der Waals surface area contributed by atoms with Gasteiger partial charge in [0, 0.05) is 36.3 Å². The van der Waals surface area contributed by atoms with Gasteiger partial charge in [-0.3, -0.25) is 0 Å². The predicted octanol–water partition coefficient (Wildman–Crippen LogP) is 3.52. The predicted molar refractivity (Wildman–Crippen MR) is 86.2 cm³/mol. The normalized spacial score (nSPS) is 12.6. The van der Waals surface area contributed by atoms with E-state index in [1.807, 2.05) is 13.2 Å². The van der Waals surface area contributed by atoms with Crippen molar-refractivity contribution in [2.45, 2.75) is 37.2 Å². The zero-order valence-electron chi connectivity index (χ0n) is 12.5. The lowest BCUT2D eigenvalue weighted by molar-refractivity contribution is 0.537. The van der Waals surface area contributed by atoms with Gasteiger partial charge in [0.05, 0.1) is 0 Å². The summed E-state index contributed by atoms with van der Waals surface area (Å²) in [5.41, 5.74) is 1.36. The molecule has 0 bridgehead atoms. The van der Waals surface area contributed by atoms with Crippen LogP contribution in [0.5, 0.6) is 0 Å². The van der Waals surface area contributed by atoms with Gasteiger partial charge in [-0.2, -0.15) is 0 Å². The number of hydrogen-bond donors (Lipinski definition) is 1. The standard InChI is InChI=1S/C16H23N3S/c1-4-10-19-11-9-18-16(19)12-14(17-2)13-7-5-6-8-15(13)20-3/h5-9,11,14,17H,4,10,12H2,1-3H3. The fourth-order valence-electron chi connectivity index (χ4n) is 2.48. The van der Waals surface area contributed by atoms with Crippen LogP contribution < -0.4 is 5.32 Å². The summed E-state index contributed by atoms with van der Waals surface area (Å²) in [5.74, 6) is 1.15. The van der Waals surface area contributed by atoms with Gasteiger partial charge in [0.15, 0.2) is 0 Å². The third kappa shape index (κ3) is 3.44. The first-order chi connectivity index (χ1) is 9.80. The molecule has 4 heteroatoms. The second-order valence-corrected chi connectivity index (χ2v) is 5.67. The summed E-state index contributed by atoms with van der Waals surface area (Å²) in [4.78, 5) is 5.85. The fraction of sp³-hybridized carbons (Fsp3) is 0.438. The van der Waals surface area contributed by atoms with Crippen molar-refractivity contribution in [1.82, 2.24) is 14.9 Å². The van der Waals surface area contributed by atoms with Crippen molar-refractivity contribution >= 4 is 11.8 Å². The van der Waals surface area contributed by atoms with Crippen LogP contribution in [0.1, 0.15) is 30.8 Å². The van der Waals surface area contributed by atoms with Gasteiger partial charge in [0.2, 0.25) is 0 Å². The van der Waals surface area contributed by atoms with Crippen molar-refractivity contribution in [2.24, 2.45) is 0 Å². The van der Waals surface area contributed by atoms with Crippen molar-refractivity contribution in [1.29, 1.82) is 0 Å². The van der Waals surface area contributed by atoms with E-state index in [1.54, 1.807) is 11.8 Å². The highest BCUT2D eigenvalue weighted by Crippen LogP contribution is 2.27. The molecule has 0 aliphatic carbocycles. The van der Waals surface area contributed by atoms with E-state index < -0.39 is 0 Å². The van der Waals surface area contributed by atoms with Gasteiger partial charge in [-0.1, -0.05) is 25.1 Å². The first-order valence-corrected chi connectivity index (χ1v) is 8.32. The molecule has 1 heterocycles. The summed E-state index contributed by atoms with van der Waals surface area (Å²) in [5, 5.41) is 3.43. The van der Waals surface area contributed by atoms with Gasteiger partial charge in [-0.05, 0) is 31.4 Å². The Bertz CT molecular complexity index is 536. The maximum atomic E-state index is 4.52. The first-order valence-electron chi connectivity index (χ1n) is 7.10. The molecule has 1 aromatic carbocycles. The topological polar surface area (TPSA) is 29.9 Å². The number of aromatic nitrogens is 2. The molecule has 1 atom stereocenters. The van der Waals surface area contributed by atoms with Gasteiger partial charge < -0.3 is 9.88 Å². The number of hydrogen-bond acceptors (Lipinski definition) is 3. The maximum absolute atomic E-state index is 4.52. The maximum Gasteiger partial charge on any atom is 0.110 e. The number of nitrogens with one attached hydrogen (secondary N) is 1. The molecule has 0 saturated carbocycles. The Morgan fingerprint density at radius 2 is 2.15 bits per heavy atom. The number of imidazole rings is 1. The van der Waals surface area contributed by atoms with Gasteiger partial charge in [0.25, 0.3) is 0 Å². The highest BCUT2D eigenvalue weighted by atomic mass is 32.2. The summed E-state index contributed by atoms with van der Waals surface area (Å²) in [6, 6.07) is 8.90. The Labute approximate surface area is 125 Å². The molecule has 0 aliphatic heterocycles. The molecule has 0 spiro atoms. The van der Waals surface area contributed by atoms with E-state index in [2.05, 4.69) is 58.5 Å². The van der Waals surface area contributed by atoms with Crippen molar-refractivity contribution in [2.75, 3.05) is 13.3 Å². The first kappa shape index (κ1) is 15.1. The number of benzene rings is 1. The fourth-order valence-corrected chi connectivity index (χ4v) is 3.14. The molecular formula is C16H23N3S. The van der Waals surface area contributed by atoms with E-state index in [0.717, 1.165) is 25.2 Å². The van der Waals surface area contributed by atoms with Crippen LogP contribution in [-0.2, 0) is 13.0 Å². The minimum Gasteiger partial charge on any atom is -0.335 e. The summed E-state index contributed by atoms with van der Waals surface area (Å²) >= 11 is 1.80. The van der Waals surface area contributed by atoms with E-state index in [0.29, 0.717) is 6.04 Å². The molecule has 3 nitrogen and oxygen atoms in total. The average molecular weight is 289 g/mol. The van der Waals surface area contributed by atoms with Gasteiger partial charge in [-0.25, -0.2) is 4.98 Å². The monoisotopic (exact) mass is 289 g/mol. The molecule has 0 aliphatic rings. The van der Waals surface area contributed by atoms with Crippen LogP contribution in [0, 0.1) is 0 Å².